The highest BCUT2D eigenvalue weighted by atomic mass is 35.5. The number of hydrogen-bond donors (Lipinski definition) is 1. The first-order valence-electron chi connectivity index (χ1n) is 12.6. The second-order valence-corrected chi connectivity index (χ2v) is 10.6. The largest absolute Gasteiger partial charge is 0.475 e. The minimum absolute atomic E-state index is 0.00336. The minimum atomic E-state index is -0.619. The summed E-state index contributed by atoms with van der Waals surface area (Å²) >= 11 is 6.68. The summed E-state index contributed by atoms with van der Waals surface area (Å²) in [5.41, 5.74) is 3.77. The Labute approximate surface area is 225 Å². The number of fused-ring (bicyclic) bond motifs is 4. The van der Waals surface area contributed by atoms with Crippen molar-refractivity contribution < 1.29 is 19.0 Å². The number of carbonyl (C=O) groups excluding carboxylic acids is 1. The second-order valence-electron chi connectivity index (χ2n) is 10.2. The molecule has 3 aromatic rings. The van der Waals surface area contributed by atoms with Crippen LogP contribution < -0.4 is 19.9 Å². The van der Waals surface area contributed by atoms with Crippen LogP contribution in [0.4, 0.5) is 22.0 Å². The SMILES string of the molecule is Cc1cc(-c2nc3c(cc2Cl)N2CC[C@@H](C2)N3C(=O)Nc2ccnc(OC[C@@H]3COC(C)(C)O3)c2)ccn1. The first-order chi connectivity index (χ1) is 18.3. The maximum atomic E-state index is 13.7. The van der Waals surface area contributed by atoms with Crippen LogP contribution in [-0.2, 0) is 9.47 Å². The van der Waals surface area contributed by atoms with Gasteiger partial charge < -0.3 is 24.4 Å². The number of aromatic nitrogens is 3. The van der Waals surface area contributed by atoms with Crippen molar-refractivity contribution in [3.05, 3.63) is 53.4 Å². The molecule has 10 nitrogen and oxygen atoms in total. The smallest absolute Gasteiger partial charge is 0.327 e. The zero-order chi connectivity index (χ0) is 26.4. The molecule has 0 spiro atoms. The molecular formula is C27H29ClN6O4. The van der Waals surface area contributed by atoms with Crippen LogP contribution in [0.25, 0.3) is 11.3 Å². The fourth-order valence-corrected chi connectivity index (χ4v) is 5.41. The van der Waals surface area contributed by atoms with Crippen molar-refractivity contribution >= 4 is 34.8 Å². The first-order valence-corrected chi connectivity index (χ1v) is 13.0. The van der Waals surface area contributed by atoms with E-state index >= 15 is 0 Å². The van der Waals surface area contributed by atoms with Gasteiger partial charge >= 0.3 is 6.03 Å². The number of amides is 2. The van der Waals surface area contributed by atoms with Crippen LogP contribution in [0.3, 0.4) is 0 Å². The van der Waals surface area contributed by atoms with Crippen LogP contribution in [0.2, 0.25) is 5.02 Å². The van der Waals surface area contributed by atoms with Gasteiger partial charge in [-0.1, -0.05) is 11.6 Å². The predicted octanol–water partition coefficient (Wildman–Crippen LogP) is 4.66. The van der Waals surface area contributed by atoms with Crippen molar-refractivity contribution in [1.29, 1.82) is 0 Å². The summed E-state index contributed by atoms with van der Waals surface area (Å²) in [6.07, 6.45) is 3.99. The summed E-state index contributed by atoms with van der Waals surface area (Å²) in [4.78, 5) is 31.1. The monoisotopic (exact) mass is 536 g/mol. The number of hydrogen-bond acceptors (Lipinski definition) is 8. The van der Waals surface area contributed by atoms with Crippen LogP contribution in [0.5, 0.6) is 5.88 Å². The van der Waals surface area contributed by atoms with Gasteiger partial charge in [0.25, 0.3) is 0 Å². The number of nitrogens with zero attached hydrogens (tertiary/aromatic N) is 5. The van der Waals surface area contributed by atoms with Gasteiger partial charge in [-0.05, 0) is 51.5 Å². The maximum absolute atomic E-state index is 13.7. The van der Waals surface area contributed by atoms with E-state index in [0.717, 1.165) is 36.5 Å². The number of pyridine rings is 3. The maximum Gasteiger partial charge on any atom is 0.327 e. The Morgan fingerprint density at radius 2 is 2.08 bits per heavy atom. The quantitative estimate of drug-likeness (QED) is 0.502. The zero-order valence-corrected chi connectivity index (χ0v) is 22.2. The summed E-state index contributed by atoms with van der Waals surface area (Å²) in [5.74, 6) is 0.366. The molecule has 3 aromatic heterocycles. The molecule has 2 bridgehead atoms. The Morgan fingerprint density at radius 3 is 2.87 bits per heavy atom. The standard InChI is InChI=1S/C27H29ClN6O4/c1-16-10-17(4-7-29-16)24-21(28)12-22-25(32-24)34(19-6-9-33(22)13-19)26(35)31-18-5-8-30-23(11-18)36-14-20-15-37-27(2,3)38-20/h4-5,7-8,10-12,19-20H,6,9,13-15H2,1-3H3,(H,30,31,35)/t19-,20+/m0/s1. The molecule has 0 aromatic carbocycles. The summed E-state index contributed by atoms with van der Waals surface area (Å²) in [6.45, 7) is 7.98. The summed E-state index contributed by atoms with van der Waals surface area (Å²) in [6, 6.07) is 8.88. The Bertz CT molecular complexity index is 1390. The van der Waals surface area contributed by atoms with Crippen molar-refractivity contribution in [3.63, 3.8) is 0 Å². The van der Waals surface area contributed by atoms with Gasteiger partial charge in [0.2, 0.25) is 5.88 Å². The van der Waals surface area contributed by atoms with Crippen molar-refractivity contribution in [2.24, 2.45) is 0 Å². The van der Waals surface area contributed by atoms with Crippen LogP contribution in [0, 0.1) is 6.92 Å². The molecule has 2 atom stereocenters. The van der Waals surface area contributed by atoms with Crippen LogP contribution >= 0.6 is 11.6 Å². The van der Waals surface area contributed by atoms with Gasteiger partial charge in [-0.2, -0.15) is 0 Å². The Kier molecular flexibility index (Phi) is 6.33. The molecule has 6 rings (SSSR count). The van der Waals surface area contributed by atoms with Gasteiger partial charge in [0.1, 0.15) is 12.7 Å². The number of aryl methyl sites for hydroxylation is 1. The lowest BCUT2D eigenvalue weighted by atomic mass is 10.1. The molecule has 6 heterocycles. The molecule has 198 valence electrons. The molecule has 0 saturated carbocycles. The number of halogens is 1. The van der Waals surface area contributed by atoms with Crippen molar-refractivity contribution in [1.82, 2.24) is 15.0 Å². The average Bonchev–Trinajstić information content (AvgIpc) is 3.46. The number of urea groups is 1. The van der Waals surface area contributed by atoms with Crippen molar-refractivity contribution in [2.45, 2.75) is 45.1 Å². The minimum Gasteiger partial charge on any atom is -0.475 e. The molecule has 0 radical (unpaired) electrons. The molecule has 3 aliphatic heterocycles. The van der Waals surface area contributed by atoms with Gasteiger partial charge in [-0.25, -0.2) is 14.8 Å². The lowest BCUT2D eigenvalue weighted by molar-refractivity contribution is -0.141. The fourth-order valence-electron chi connectivity index (χ4n) is 5.15. The Balaban J connectivity index is 1.23. The molecule has 1 N–H and O–H groups in total. The van der Waals surface area contributed by atoms with E-state index in [1.807, 2.05) is 39.0 Å². The normalized spacial score (nSPS) is 21.4. The molecule has 2 amide bonds. The number of carbonyl (C=O) groups is 1. The van der Waals surface area contributed by atoms with E-state index in [1.165, 1.54) is 0 Å². The van der Waals surface area contributed by atoms with Crippen molar-refractivity contribution in [2.75, 3.05) is 41.4 Å². The van der Waals surface area contributed by atoms with Gasteiger partial charge in [-0.15, -0.1) is 0 Å². The predicted molar refractivity (Wildman–Crippen MR) is 144 cm³/mol. The van der Waals surface area contributed by atoms with E-state index in [9.17, 15) is 4.79 Å². The number of ether oxygens (including phenoxy) is 3. The van der Waals surface area contributed by atoms with E-state index in [0.29, 0.717) is 41.3 Å². The van der Waals surface area contributed by atoms with E-state index in [-0.39, 0.29) is 18.2 Å². The second kappa shape index (κ2) is 9.68. The van der Waals surface area contributed by atoms with E-state index < -0.39 is 5.79 Å². The highest BCUT2D eigenvalue weighted by molar-refractivity contribution is 6.33. The summed E-state index contributed by atoms with van der Waals surface area (Å²) < 4.78 is 17.2. The average molecular weight is 537 g/mol. The highest BCUT2D eigenvalue weighted by Crippen LogP contribution is 2.43. The van der Waals surface area contributed by atoms with Gasteiger partial charge in [-0.3, -0.25) is 9.88 Å². The van der Waals surface area contributed by atoms with Crippen molar-refractivity contribution in [3.8, 4) is 17.1 Å². The van der Waals surface area contributed by atoms with Crippen LogP contribution in [-0.4, -0.2) is 65.2 Å². The van der Waals surface area contributed by atoms with Gasteiger partial charge in [0.05, 0.1) is 29.1 Å². The van der Waals surface area contributed by atoms with Crippen LogP contribution in [0.15, 0.2) is 42.7 Å². The number of nitrogens with one attached hydrogen (secondary N) is 1. The third kappa shape index (κ3) is 4.87. The molecule has 2 saturated heterocycles. The third-order valence-corrected chi connectivity index (χ3v) is 7.18. The Hall–Kier alpha value is -3.47. The lowest BCUT2D eigenvalue weighted by Gasteiger charge is -2.36. The number of rotatable bonds is 5. The molecular weight excluding hydrogens is 508 g/mol. The van der Waals surface area contributed by atoms with E-state index in [2.05, 4.69) is 20.2 Å². The highest BCUT2D eigenvalue weighted by Gasteiger charge is 2.41. The Morgan fingerprint density at radius 1 is 1.24 bits per heavy atom. The molecule has 0 aliphatic carbocycles. The number of anilines is 3. The molecule has 11 heteroatoms. The first kappa shape index (κ1) is 24.8. The topological polar surface area (TPSA) is 102 Å². The molecule has 38 heavy (non-hydrogen) atoms. The summed E-state index contributed by atoms with van der Waals surface area (Å²) in [7, 11) is 0. The van der Waals surface area contributed by atoms with E-state index in [4.69, 9.17) is 30.8 Å². The van der Waals surface area contributed by atoms with Gasteiger partial charge in [0.15, 0.2) is 11.6 Å². The lowest BCUT2D eigenvalue weighted by Crippen LogP contribution is -2.48. The molecule has 0 unspecified atom stereocenters. The fraction of sp³-hybridized carbons (Fsp3) is 0.407. The summed E-state index contributed by atoms with van der Waals surface area (Å²) in [5, 5.41) is 3.55. The van der Waals surface area contributed by atoms with E-state index in [1.54, 1.807) is 29.4 Å². The zero-order valence-electron chi connectivity index (χ0n) is 21.5. The van der Waals surface area contributed by atoms with Crippen LogP contribution in [0.1, 0.15) is 26.0 Å². The molecule has 2 fully saturated rings. The molecule has 3 aliphatic rings. The van der Waals surface area contributed by atoms with Gasteiger partial charge in [0, 0.05) is 48.5 Å². The third-order valence-electron chi connectivity index (χ3n) is 6.89.